The second-order valence-corrected chi connectivity index (χ2v) is 9.89. The predicted octanol–water partition coefficient (Wildman–Crippen LogP) is 8.91. The van der Waals surface area contributed by atoms with Crippen LogP contribution in [0.15, 0.2) is 41.6 Å². The lowest BCUT2D eigenvalue weighted by molar-refractivity contribution is 0.319. The third-order valence-corrected chi connectivity index (χ3v) is 6.87. The van der Waals surface area contributed by atoms with Gasteiger partial charge in [0.25, 0.3) is 0 Å². The summed E-state index contributed by atoms with van der Waals surface area (Å²) in [5.74, 6) is 0.107. The molecule has 0 saturated heterocycles. The minimum atomic E-state index is 0.0537. The molecule has 0 atom stereocenters. The predicted molar refractivity (Wildman–Crippen MR) is 147 cm³/mol. The van der Waals surface area contributed by atoms with E-state index < -0.39 is 0 Å². The highest BCUT2D eigenvalue weighted by Gasteiger charge is 2.17. The lowest BCUT2D eigenvalue weighted by Crippen LogP contribution is -2.06. The van der Waals surface area contributed by atoms with Crippen LogP contribution in [0.4, 0.5) is 0 Å². The Balaban J connectivity index is 2.00. The van der Waals surface area contributed by atoms with Crippen LogP contribution in [0.25, 0.3) is 0 Å². The molecule has 4 heteroatoms. The molecule has 0 saturated carbocycles. The second-order valence-electron chi connectivity index (χ2n) is 9.89. The van der Waals surface area contributed by atoms with Gasteiger partial charge < -0.3 is 15.4 Å². The van der Waals surface area contributed by atoms with E-state index in [1.165, 1.54) is 77.0 Å². The Morgan fingerprint density at radius 1 is 0.571 bits per heavy atom. The molecule has 2 aromatic rings. The van der Waals surface area contributed by atoms with Gasteiger partial charge >= 0.3 is 0 Å². The van der Waals surface area contributed by atoms with Crippen LogP contribution in [0.5, 0.6) is 11.5 Å². The number of aromatic hydroxyl groups is 2. The van der Waals surface area contributed by atoms with E-state index in [9.17, 15) is 15.4 Å². The Hall–Kier alpha value is -2.49. The van der Waals surface area contributed by atoms with Crippen molar-refractivity contribution in [2.75, 3.05) is 0 Å². The molecule has 35 heavy (non-hydrogen) atoms. The van der Waals surface area contributed by atoms with Crippen LogP contribution >= 0.6 is 0 Å². The minimum absolute atomic E-state index is 0.0537. The quantitative estimate of drug-likeness (QED) is 0.0861. The van der Waals surface area contributed by atoms with E-state index in [1.54, 1.807) is 12.1 Å². The largest absolute Gasteiger partial charge is 0.507 e. The number of nitrogens with zero attached hydrogens (tertiary/aromatic N) is 1. The highest BCUT2D eigenvalue weighted by molar-refractivity contribution is 6.15. The van der Waals surface area contributed by atoms with E-state index in [-0.39, 0.29) is 17.2 Å². The fourth-order valence-corrected chi connectivity index (χ4v) is 4.68. The fourth-order valence-electron chi connectivity index (χ4n) is 4.68. The summed E-state index contributed by atoms with van der Waals surface area (Å²) in [5, 5.41) is 34.4. The summed E-state index contributed by atoms with van der Waals surface area (Å²) in [6.07, 6.45) is 19.3. The van der Waals surface area contributed by atoms with Crippen molar-refractivity contribution in [1.82, 2.24) is 0 Å². The molecule has 0 aliphatic rings. The van der Waals surface area contributed by atoms with Crippen LogP contribution in [-0.2, 0) is 12.8 Å². The molecule has 0 spiro atoms. The van der Waals surface area contributed by atoms with Gasteiger partial charge in [0, 0.05) is 11.1 Å². The van der Waals surface area contributed by atoms with E-state index in [0.717, 1.165) is 36.8 Å². The summed E-state index contributed by atoms with van der Waals surface area (Å²) in [6.45, 7) is 4.47. The molecule has 0 heterocycles. The van der Waals surface area contributed by atoms with Gasteiger partial charge in [-0.3, -0.25) is 0 Å². The molecule has 2 aromatic carbocycles. The van der Waals surface area contributed by atoms with E-state index in [0.29, 0.717) is 11.1 Å². The number of hydrogen-bond acceptors (Lipinski definition) is 4. The highest BCUT2D eigenvalue weighted by Crippen LogP contribution is 2.29. The van der Waals surface area contributed by atoms with Crippen LogP contribution < -0.4 is 0 Å². The molecule has 0 aliphatic heterocycles. The van der Waals surface area contributed by atoms with Crippen molar-refractivity contribution in [3.8, 4) is 11.5 Å². The number of phenols is 2. The van der Waals surface area contributed by atoms with Crippen LogP contribution in [0.1, 0.15) is 126 Å². The maximum absolute atomic E-state index is 10.5. The van der Waals surface area contributed by atoms with Crippen molar-refractivity contribution in [1.29, 1.82) is 0 Å². The molecule has 0 fully saturated rings. The molecular formula is C31H47NO3. The first-order chi connectivity index (χ1) is 17.1. The number of aryl methyl sites for hydroxylation is 2. The SMILES string of the molecule is CCCCCCCCCc1ccc(O)c(C(=NO)c2cc(CCCCCCCCC)ccc2O)c1. The average Bonchev–Trinajstić information content (AvgIpc) is 2.86. The zero-order chi connectivity index (χ0) is 25.3. The lowest BCUT2D eigenvalue weighted by atomic mass is 9.94. The van der Waals surface area contributed by atoms with Crippen molar-refractivity contribution >= 4 is 5.71 Å². The van der Waals surface area contributed by atoms with Crippen molar-refractivity contribution in [3.63, 3.8) is 0 Å². The van der Waals surface area contributed by atoms with Gasteiger partial charge in [0.15, 0.2) is 0 Å². The number of rotatable bonds is 18. The summed E-state index contributed by atoms with van der Waals surface area (Å²) in [5.41, 5.74) is 3.33. The molecular weight excluding hydrogens is 434 g/mol. The molecule has 0 bridgehead atoms. The topological polar surface area (TPSA) is 73.1 Å². The Morgan fingerprint density at radius 2 is 0.943 bits per heavy atom. The summed E-state index contributed by atoms with van der Waals surface area (Å²) in [4.78, 5) is 0. The molecule has 0 aromatic heterocycles. The minimum Gasteiger partial charge on any atom is -0.507 e. The third kappa shape index (κ3) is 10.3. The lowest BCUT2D eigenvalue weighted by Gasteiger charge is -2.13. The van der Waals surface area contributed by atoms with Gasteiger partial charge in [-0.2, -0.15) is 0 Å². The molecule has 0 aliphatic carbocycles. The fraction of sp³-hybridized carbons (Fsp3) is 0.581. The molecule has 3 N–H and O–H groups in total. The Labute approximate surface area is 213 Å². The molecule has 4 nitrogen and oxygen atoms in total. The van der Waals surface area contributed by atoms with Crippen LogP contribution in [0.2, 0.25) is 0 Å². The molecule has 2 rings (SSSR count). The monoisotopic (exact) mass is 481 g/mol. The van der Waals surface area contributed by atoms with Crippen LogP contribution in [0, 0.1) is 0 Å². The van der Waals surface area contributed by atoms with Gasteiger partial charge in [-0.25, -0.2) is 0 Å². The first-order valence-corrected chi connectivity index (χ1v) is 14.0. The smallest absolute Gasteiger partial charge is 0.125 e. The number of phenolic OH excluding ortho intramolecular Hbond substituents is 2. The van der Waals surface area contributed by atoms with Crippen molar-refractivity contribution in [2.24, 2.45) is 5.16 Å². The van der Waals surface area contributed by atoms with Gasteiger partial charge in [0.05, 0.1) is 0 Å². The standard InChI is InChI=1S/C31H47NO3/c1-3-5-7-9-11-13-15-17-25-19-21-29(33)27(23-25)31(32-35)28-24-26(20-22-30(28)34)18-16-14-12-10-8-6-4-2/h19-24,33-35H,3-18H2,1-2H3. The Bertz CT molecular complexity index is 821. The van der Waals surface area contributed by atoms with Gasteiger partial charge in [-0.05, 0) is 61.1 Å². The van der Waals surface area contributed by atoms with Gasteiger partial charge in [-0.15, -0.1) is 0 Å². The Kier molecular flexibility index (Phi) is 14.0. The third-order valence-electron chi connectivity index (χ3n) is 6.87. The first-order valence-electron chi connectivity index (χ1n) is 14.0. The van der Waals surface area contributed by atoms with Crippen LogP contribution in [-0.4, -0.2) is 21.1 Å². The molecule has 0 unspecified atom stereocenters. The molecule has 0 amide bonds. The van der Waals surface area contributed by atoms with Gasteiger partial charge in [0.2, 0.25) is 0 Å². The van der Waals surface area contributed by atoms with Crippen molar-refractivity contribution < 1.29 is 15.4 Å². The maximum Gasteiger partial charge on any atom is 0.125 e. The molecule has 194 valence electrons. The summed E-state index contributed by atoms with van der Waals surface area (Å²) < 4.78 is 0. The van der Waals surface area contributed by atoms with Crippen molar-refractivity contribution in [3.05, 3.63) is 58.7 Å². The second kappa shape index (κ2) is 17.0. The normalized spacial score (nSPS) is 11.0. The Morgan fingerprint density at radius 3 is 1.31 bits per heavy atom. The van der Waals surface area contributed by atoms with Gasteiger partial charge in [0.1, 0.15) is 17.2 Å². The van der Waals surface area contributed by atoms with Gasteiger partial charge in [-0.1, -0.05) is 108 Å². The van der Waals surface area contributed by atoms with E-state index in [1.807, 2.05) is 24.3 Å². The number of benzene rings is 2. The van der Waals surface area contributed by atoms with Crippen LogP contribution in [0.3, 0.4) is 0 Å². The molecule has 0 radical (unpaired) electrons. The summed E-state index contributed by atoms with van der Waals surface area (Å²) in [7, 11) is 0. The zero-order valence-corrected chi connectivity index (χ0v) is 22.1. The maximum atomic E-state index is 10.5. The summed E-state index contributed by atoms with van der Waals surface area (Å²) >= 11 is 0. The highest BCUT2D eigenvalue weighted by atomic mass is 16.4. The number of unbranched alkanes of at least 4 members (excludes halogenated alkanes) is 12. The van der Waals surface area contributed by atoms with E-state index in [2.05, 4.69) is 19.0 Å². The van der Waals surface area contributed by atoms with E-state index in [4.69, 9.17) is 0 Å². The average molecular weight is 482 g/mol. The first kappa shape index (κ1) is 28.7. The number of oxime groups is 1. The van der Waals surface area contributed by atoms with Crippen molar-refractivity contribution in [2.45, 2.75) is 117 Å². The van der Waals surface area contributed by atoms with E-state index >= 15 is 0 Å². The number of hydrogen-bond donors (Lipinski definition) is 3. The zero-order valence-electron chi connectivity index (χ0n) is 22.1. The summed E-state index contributed by atoms with van der Waals surface area (Å²) in [6, 6.07) is 11.0.